The maximum Gasteiger partial charge on any atom is 0.142 e. The maximum absolute atomic E-state index is 11.1. The Hall–Kier alpha value is -2.28. The first kappa shape index (κ1) is 20.0. The van der Waals surface area contributed by atoms with Crippen LogP contribution in [-0.2, 0) is 16.9 Å². The summed E-state index contributed by atoms with van der Waals surface area (Å²) in [6.07, 6.45) is 0.725. The summed E-state index contributed by atoms with van der Waals surface area (Å²) in [5, 5.41) is 11.1. The summed E-state index contributed by atoms with van der Waals surface area (Å²) in [6.45, 7) is 5.27. The molecule has 0 saturated carbocycles. The Morgan fingerprint density at radius 1 is 1.00 bits per heavy atom. The highest BCUT2D eigenvalue weighted by Gasteiger charge is 2.37. The lowest BCUT2D eigenvalue weighted by Crippen LogP contribution is -2.36. The van der Waals surface area contributed by atoms with Crippen LogP contribution in [-0.4, -0.2) is 63.6 Å². The fraction of sp³-hybridized carbons (Fsp3) is 0.478. The highest BCUT2D eigenvalue weighted by molar-refractivity contribution is 5.64. The van der Waals surface area contributed by atoms with Crippen molar-refractivity contribution in [3.8, 4) is 11.5 Å². The topological polar surface area (TPSA) is 54.4 Å². The number of morpholine rings is 1. The van der Waals surface area contributed by atoms with Gasteiger partial charge in [-0.15, -0.1) is 0 Å². The number of nitrogens with zero attached hydrogens (tertiary/aromatic N) is 2. The molecule has 156 valence electrons. The lowest BCUT2D eigenvalue weighted by Gasteiger charge is -2.31. The van der Waals surface area contributed by atoms with Crippen molar-refractivity contribution in [3.63, 3.8) is 0 Å². The van der Waals surface area contributed by atoms with E-state index in [1.165, 1.54) is 0 Å². The van der Waals surface area contributed by atoms with E-state index in [0.29, 0.717) is 13.1 Å². The van der Waals surface area contributed by atoms with Crippen LogP contribution in [0.3, 0.4) is 0 Å². The summed E-state index contributed by atoms with van der Waals surface area (Å²) in [4.78, 5) is 4.55. The first-order chi connectivity index (χ1) is 14.1. The van der Waals surface area contributed by atoms with Gasteiger partial charge in [0.05, 0.1) is 33.1 Å². The zero-order valence-corrected chi connectivity index (χ0v) is 17.3. The first-order valence-corrected chi connectivity index (χ1v) is 10.2. The number of rotatable bonds is 6. The molecular weight excluding hydrogens is 368 g/mol. The van der Waals surface area contributed by atoms with Crippen molar-refractivity contribution in [2.45, 2.75) is 18.6 Å². The van der Waals surface area contributed by atoms with E-state index >= 15 is 0 Å². The number of benzene rings is 2. The van der Waals surface area contributed by atoms with Crippen molar-refractivity contribution in [1.82, 2.24) is 4.90 Å². The Labute approximate surface area is 172 Å². The molecule has 2 aromatic carbocycles. The molecule has 2 saturated heterocycles. The van der Waals surface area contributed by atoms with E-state index in [1.54, 1.807) is 14.2 Å². The van der Waals surface area contributed by atoms with Crippen molar-refractivity contribution in [3.05, 3.63) is 53.6 Å². The molecule has 6 nitrogen and oxygen atoms in total. The second kappa shape index (κ2) is 8.61. The zero-order chi connectivity index (χ0) is 20.3. The van der Waals surface area contributed by atoms with Gasteiger partial charge in [0.25, 0.3) is 0 Å². The normalized spacial score (nSPS) is 22.7. The van der Waals surface area contributed by atoms with Gasteiger partial charge in [-0.3, -0.25) is 4.90 Å². The molecule has 0 aromatic heterocycles. The van der Waals surface area contributed by atoms with E-state index in [-0.39, 0.29) is 0 Å². The van der Waals surface area contributed by atoms with Gasteiger partial charge in [0.1, 0.15) is 17.1 Å². The maximum atomic E-state index is 11.1. The largest absolute Gasteiger partial charge is 0.496 e. The second-order valence-electron chi connectivity index (χ2n) is 7.79. The molecule has 2 heterocycles. The number of aliphatic hydroxyl groups is 1. The molecule has 0 spiro atoms. The average Bonchev–Trinajstić information content (AvgIpc) is 3.16. The predicted octanol–water partition coefficient (Wildman–Crippen LogP) is 2.63. The smallest absolute Gasteiger partial charge is 0.142 e. The molecule has 6 heteroatoms. The fourth-order valence-electron chi connectivity index (χ4n) is 4.35. The Kier molecular flexibility index (Phi) is 5.94. The van der Waals surface area contributed by atoms with Gasteiger partial charge in [-0.1, -0.05) is 30.3 Å². The van der Waals surface area contributed by atoms with Gasteiger partial charge < -0.3 is 24.2 Å². The molecule has 2 aromatic rings. The highest BCUT2D eigenvalue weighted by Crippen LogP contribution is 2.38. The van der Waals surface area contributed by atoms with Crippen molar-refractivity contribution in [2.75, 3.05) is 58.5 Å². The molecule has 0 radical (unpaired) electrons. The Balaban J connectivity index is 1.54. The van der Waals surface area contributed by atoms with Crippen LogP contribution < -0.4 is 14.4 Å². The van der Waals surface area contributed by atoms with Crippen molar-refractivity contribution in [2.24, 2.45) is 0 Å². The van der Waals surface area contributed by atoms with Crippen LogP contribution in [0.15, 0.2) is 42.5 Å². The molecule has 4 rings (SSSR count). The zero-order valence-electron chi connectivity index (χ0n) is 17.3. The number of hydrogen-bond acceptors (Lipinski definition) is 6. The third-order valence-corrected chi connectivity index (χ3v) is 5.97. The van der Waals surface area contributed by atoms with Gasteiger partial charge in [-0.25, -0.2) is 0 Å². The van der Waals surface area contributed by atoms with Crippen LogP contribution in [0.4, 0.5) is 5.69 Å². The molecule has 2 aliphatic rings. The summed E-state index contributed by atoms with van der Waals surface area (Å²) in [6, 6.07) is 14.1. The van der Waals surface area contributed by atoms with Crippen molar-refractivity contribution < 1.29 is 19.3 Å². The number of hydrogen-bond donors (Lipinski definition) is 1. The summed E-state index contributed by atoms with van der Waals surface area (Å²) >= 11 is 0. The van der Waals surface area contributed by atoms with E-state index in [9.17, 15) is 5.11 Å². The van der Waals surface area contributed by atoms with Gasteiger partial charge in [0.15, 0.2) is 0 Å². The molecule has 0 bridgehead atoms. The van der Waals surface area contributed by atoms with Crippen molar-refractivity contribution in [1.29, 1.82) is 0 Å². The molecule has 0 unspecified atom stereocenters. The lowest BCUT2D eigenvalue weighted by molar-refractivity contribution is 0.0452. The van der Waals surface area contributed by atoms with Gasteiger partial charge in [-0.2, -0.15) is 0 Å². The van der Waals surface area contributed by atoms with Crippen LogP contribution in [0.5, 0.6) is 11.5 Å². The molecule has 29 heavy (non-hydrogen) atoms. The van der Waals surface area contributed by atoms with E-state index in [0.717, 1.165) is 67.6 Å². The number of β-amino-alcohol motifs (C(OH)–C–C–N with tert-alkyl or cyclic N) is 1. The van der Waals surface area contributed by atoms with Crippen molar-refractivity contribution >= 4 is 5.69 Å². The number of methoxy groups -OCH3 is 2. The van der Waals surface area contributed by atoms with Crippen LogP contribution >= 0.6 is 0 Å². The summed E-state index contributed by atoms with van der Waals surface area (Å²) in [5.74, 6) is 1.70. The number of likely N-dealkylation sites (tertiary alicyclic amines) is 1. The third kappa shape index (κ3) is 4.20. The minimum absolute atomic E-state index is 0.605. The quantitative estimate of drug-likeness (QED) is 0.807. The Morgan fingerprint density at radius 3 is 2.41 bits per heavy atom. The Morgan fingerprint density at radius 2 is 1.72 bits per heavy atom. The predicted molar refractivity (Wildman–Crippen MR) is 113 cm³/mol. The average molecular weight is 399 g/mol. The summed E-state index contributed by atoms with van der Waals surface area (Å²) in [7, 11) is 3.41. The molecule has 0 amide bonds. The van der Waals surface area contributed by atoms with E-state index < -0.39 is 5.60 Å². The number of anilines is 1. The third-order valence-electron chi connectivity index (χ3n) is 5.97. The summed E-state index contributed by atoms with van der Waals surface area (Å²) < 4.78 is 16.9. The lowest BCUT2D eigenvalue weighted by atomic mass is 9.93. The Bertz CT molecular complexity index is 823. The molecule has 2 aliphatic heterocycles. The SMILES string of the molecule is COc1cc(N2CCOCC2)c(OC)cc1CN1CC[C@](O)(c2ccccc2)C1. The molecule has 2 fully saturated rings. The molecule has 0 aliphatic carbocycles. The van der Waals surface area contributed by atoms with E-state index in [2.05, 4.69) is 21.9 Å². The number of ether oxygens (including phenoxy) is 3. The molecule has 1 N–H and O–H groups in total. The van der Waals surface area contributed by atoms with E-state index in [1.807, 2.05) is 30.3 Å². The standard InChI is InChI=1S/C23H30N2O4/c1-27-21-15-20(25-10-12-29-13-11-25)22(28-2)14-18(21)16-24-9-8-23(26,17-24)19-6-4-3-5-7-19/h3-7,14-15,26H,8-13,16-17H2,1-2H3/t23-/m1/s1. The van der Waals surface area contributed by atoms with Crippen LogP contribution in [0.25, 0.3) is 0 Å². The minimum atomic E-state index is -0.799. The minimum Gasteiger partial charge on any atom is -0.496 e. The van der Waals surface area contributed by atoms with E-state index in [4.69, 9.17) is 14.2 Å². The molecule has 1 atom stereocenters. The van der Waals surface area contributed by atoms with Gasteiger partial charge in [0, 0.05) is 44.4 Å². The van der Waals surface area contributed by atoms with Gasteiger partial charge in [-0.05, 0) is 18.1 Å². The summed E-state index contributed by atoms with van der Waals surface area (Å²) in [5.41, 5.74) is 2.29. The van der Waals surface area contributed by atoms with Crippen LogP contribution in [0.2, 0.25) is 0 Å². The monoisotopic (exact) mass is 398 g/mol. The van der Waals surface area contributed by atoms with Gasteiger partial charge >= 0.3 is 0 Å². The first-order valence-electron chi connectivity index (χ1n) is 10.2. The van der Waals surface area contributed by atoms with Gasteiger partial charge in [0.2, 0.25) is 0 Å². The van der Waals surface area contributed by atoms with Crippen LogP contribution in [0, 0.1) is 0 Å². The second-order valence-corrected chi connectivity index (χ2v) is 7.79. The molecular formula is C23H30N2O4. The fourth-order valence-corrected chi connectivity index (χ4v) is 4.35. The van der Waals surface area contributed by atoms with Crippen LogP contribution in [0.1, 0.15) is 17.5 Å². The highest BCUT2D eigenvalue weighted by atomic mass is 16.5.